The SMILES string of the molecule is CCOc1nc2cccc(C(=O)O)c2n1Cc1ccc(-c2ccccc2-c2nnn(COC(=O)OCCCCCO[N+](=O)[O-])n2)cc1. The van der Waals surface area contributed by atoms with Crippen LogP contribution < -0.4 is 4.74 Å². The number of unbranched alkanes of at least 4 members (excludes halogenated alkanes) is 2. The highest BCUT2D eigenvalue weighted by atomic mass is 16.9. The highest BCUT2D eigenvalue weighted by Crippen LogP contribution is 2.31. The summed E-state index contributed by atoms with van der Waals surface area (Å²) in [7, 11) is 0. The summed E-state index contributed by atoms with van der Waals surface area (Å²) in [5.41, 5.74) is 4.52. The molecule has 0 aliphatic carbocycles. The normalized spacial score (nSPS) is 10.9. The third-order valence-corrected chi connectivity index (χ3v) is 6.97. The third-order valence-electron chi connectivity index (χ3n) is 6.97. The Labute approximate surface area is 267 Å². The van der Waals surface area contributed by atoms with Gasteiger partial charge in [-0.05, 0) is 60.2 Å². The molecular formula is C31H31N7O9. The lowest BCUT2D eigenvalue weighted by Gasteiger charge is -2.12. The number of hydrogen-bond acceptors (Lipinski definition) is 12. The molecule has 0 radical (unpaired) electrons. The van der Waals surface area contributed by atoms with Gasteiger partial charge in [-0.3, -0.25) is 4.57 Å². The molecule has 0 saturated carbocycles. The lowest BCUT2D eigenvalue weighted by molar-refractivity contribution is -0.757. The minimum absolute atomic E-state index is 0.0112. The van der Waals surface area contributed by atoms with E-state index in [4.69, 9.17) is 14.2 Å². The van der Waals surface area contributed by atoms with Crippen LogP contribution in [0.5, 0.6) is 6.01 Å². The molecule has 16 heteroatoms. The van der Waals surface area contributed by atoms with E-state index in [9.17, 15) is 24.8 Å². The Morgan fingerprint density at radius 1 is 0.936 bits per heavy atom. The Balaban J connectivity index is 1.23. The van der Waals surface area contributed by atoms with Gasteiger partial charge in [-0.1, -0.05) is 54.6 Å². The summed E-state index contributed by atoms with van der Waals surface area (Å²) in [6, 6.07) is 20.6. The number of carboxylic acid groups (broad SMARTS) is 1. The smallest absolute Gasteiger partial charge is 0.478 e. The minimum Gasteiger partial charge on any atom is -0.478 e. The quantitative estimate of drug-likeness (QED) is 0.0652. The van der Waals surface area contributed by atoms with Crippen molar-refractivity contribution in [2.75, 3.05) is 19.8 Å². The van der Waals surface area contributed by atoms with Crippen LogP contribution in [0.15, 0.2) is 66.7 Å². The zero-order chi connectivity index (χ0) is 33.2. The van der Waals surface area contributed by atoms with Crippen LogP contribution in [-0.2, 0) is 27.6 Å². The van der Waals surface area contributed by atoms with Gasteiger partial charge in [-0.15, -0.1) is 25.1 Å². The molecule has 47 heavy (non-hydrogen) atoms. The third kappa shape index (κ3) is 8.16. The maximum atomic E-state index is 12.0. The number of carbonyl (C=O) groups excluding carboxylic acids is 1. The number of tetrazole rings is 1. The van der Waals surface area contributed by atoms with Crippen molar-refractivity contribution < 1.29 is 38.8 Å². The Hall–Kier alpha value is -6.06. The first kappa shape index (κ1) is 32.3. The first-order valence-electron chi connectivity index (χ1n) is 14.7. The summed E-state index contributed by atoms with van der Waals surface area (Å²) in [5, 5.41) is 31.5. The van der Waals surface area contributed by atoms with Crippen LogP contribution in [0.2, 0.25) is 0 Å². The molecule has 0 unspecified atom stereocenters. The first-order chi connectivity index (χ1) is 22.8. The Bertz CT molecular complexity index is 1850. The molecular weight excluding hydrogens is 614 g/mol. The lowest BCUT2D eigenvalue weighted by atomic mass is 9.98. The van der Waals surface area contributed by atoms with E-state index in [0.29, 0.717) is 60.8 Å². The second-order valence-corrected chi connectivity index (χ2v) is 10.1. The van der Waals surface area contributed by atoms with E-state index in [1.54, 1.807) is 22.8 Å². The number of carboxylic acids is 1. The molecule has 0 amide bonds. The predicted molar refractivity (Wildman–Crippen MR) is 165 cm³/mol. The topological polar surface area (TPSA) is 196 Å². The molecule has 0 saturated heterocycles. The molecule has 0 aliphatic rings. The van der Waals surface area contributed by atoms with Gasteiger partial charge in [-0.2, -0.15) is 4.98 Å². The van der Waals surface area contributed by atoms with Crippen molar-refractivity contribution in [2.45, 2.75) is 39.5 Å². The van der Waals surface area contributed by atoms with E-state index < -0.39 is 17.2 Å². The number of rotatable bonds is 16. The second-order valence-electron chi connectivity index (χ2n) is 10.1. The number of ether oxygens (including phenoxy) is 3. The molecule has 5 rings (SSSR count). The van der Waals surface area contributed by atoms with Crippen LogP contribution in [0.1, 0.15) is 42.1 Å². The van der Waals surface area contributed by atoms with E-state index in [-0.39, 0.29) is 25.5 Å². The van der Waals surface area contributed by atoms with Gasteiger partial charge in [0.05, 0.1) is 43.0 Å². The number of carbonyl (C=O) groups is 2. The zero-order valence-electron chi connectivity index (χ0n) is 25.4. The van der Waals surface area contributed by atoms with Gasteiger partial charge in [0.15, 0.2) is 0 Å². The first-order valence-corrected chi connectivity index (χ1v) is 14.7. The van der Waals surface area contributed by atoms with E-state index >= 15 is 0 Å². The van der Waals surface area contributed by atoms with Gasteiger partial charge in [0.2, 0.25) is 12.6 Å². The van der Waals surface area contributed by atoms with Crippen LogP contribution in [0.4, 0.5) is 4.79 Å². The minimum atomic E-state index is -1.05. The number of benzene rings is 3. The maximum absolute atomic E-state index is 12.0. The summed E-state index contributed by atoms with van der Waals surface area (Å²) in [6.07, 6.45) is 0.647. The number of aromatic nitrogens is 6. The largest absolute Gasteiger partial charge is 0.510 e. The van der Waals surface area contributed by atoms with Crippen molar-refractivity contribution in [2.24, 2.45) is 0 Å². The van der Waals surface area contributed by atoms with Gasteiger partial charge in [-0.25, -0.2) is 9.59 Å². The standard InChI is InChI=1S/C31H31N7O9/c1-2-44-30-32-26-12-8-11-25(29(39)40)27(26)36(30)19-21-13-15-22(16-14-21)23-9-4-5-10-24(23)28-33-35-37(34-28)20-46-31(41)45-17-6-3-7-18-47-38(42)43/h4-5,8-16H,2-3,6-7,17-20H2,1H3,(H,39,40). The molecule has 1 N–H and O–H groups in total. The van der Waals surface area contributed by atoms with Crippen molar-refractivity contribution in [3.8, 4) is 28.5 Å². The van der Waals surface area contributed by atoms with Crippen molar-refractivity contribution in [3.63, 3.8) is 0 Å². The van der Waals surface area contributed by atoms with Gasteiger partial charge in [0.1, 0.15) is 0 Å². The lowest BCUT2D eigenvalue weighted by Crippen LogP contribution is -2.14. The highest BCUT2D eigenvalue weighted by Gasteiger charge is 2.19. The van der Waals surface area contributed by atoms with Crippen LogP contribution in [0, 0.1) is 10.1 Å². The Morgan fingerprint density at radius 3 is 2.45 bits per heavy atom. The number of aromatic carboxylic acids is 1. The molecule has 0 aliphatic heterocycles. The van der Waals surface area contributed by atoms with Crippen molar-refractivity contribution in [1.29, 1.82) is 0 Å². The maximum Gasteiger partial charge on any atom is 0.510 e. The molecule has 0 spiro atoms. The highest BCUT2D eigenvalue weighted by molar-refractivity contribution is 6.01. The molecule has 3 aromatic carbocycles. The van der Waals surface area contributed by atoms with Gasteiger partial charge >= 0.3 is 12.1 Å². The van der Waals surface area contributed by atoms with E-state index in [1.165, 1.54) is 0 Å². The molecule has 0 atom stereocenters. The number of fused-ring (bicyclic) bond motifs is 1. The van der Waals surface area contributed by atoms with Crippen molar-refractivity contribution in [3.05, 3.63) is 88.0 Å². The Kier molecular flexibility index (Phi) is 10.5. The van der Waals surface area contributed by atoms with Crippen molar-refractivity contribution in [1.82, 2.24) is 29.8 Å². The van der Waals surface area contributed by atoms with E-state index in [2.05, 4.69) is 25.2 Å². The Morgan fingerprint density at radius 2 is 1.70 bits per heavy atom. The molecule has 5 aromatic rings. The number of nitrogens with zero attached hydrogens (tertiary/aromatic N) is 7. The summed E-state index contributed by atoms with van der Waals surface area (Å²) in [5.74, 6) is -0.720. The zero-order valence-corrected chi connectivity index (χ0v) is 25.4. The van der Waals surface area contributed by atoms with Crippen LogP contribution in [-0.4, -0.2) is 71.9 Å². The summed E-state index contributed by atoms with van der Waals surface area (Å²) in [4.78, 5) is 43.8. The van der Waals surface area contributed by atoms with Crippen LogP contribution >= 0.6 is 0 Å². The number of para-hydroxylation sites is 1. The summed E-state index contributed by atoms with van der Waals surface area (Å²) < 4.78 is 17.6. The van der Waals surface area contributed by atoms with Crippen molar-refractivity contribution >= 4 is 23.2 Å². The summed E-state index contributed by atoms with van der Waals surface area (Å²) >= 11 is 0. The van der Waals surface area contributed by atoms with Gasteiger partial charge < -0.3 is 24.2 Å². The molecule has 16 nitrogen and oxygen atoms in total. The fourth-order valence-corrected chi connectivity index (χ4v) is 4.86. The average Bonchev–Trinajstić information content (AvgIpc) is 3.68. The molecule has 244 valence electrons. The van der Waals surface area contributed by atoms with Crippen LogP contribution in [0.3, 0.4) is 0 Å². The fourth-order valence-electron chi connectivity index (χ4n) is 4.86. The summed E-state index contributed by atoms with van der Waals surface area (Å²) in [6.45, 7) is 2.34. The van der Waals surface area contributed by atoms with Gasteiger partial charge in [0.25, 0.3) is 11.1 Å². The molecule has 0 fully saturated rings. The van der Waals surface area contributed by atoms with Gasteiger partial charge in [0, 0.05) is 5.56 Å². The van der Waals surface area contributed by atoms with E-state index in [0.717, 1.165) is 21.5 Å². The molecule has 2 heterocycles. The monoisotopic (exact) mass is 645 g/mol. The number of hydrogen-bond donors (Lipinski definition) is 1. The van der Waals surface area contributed by atoms with Crippen LogP contribution in [0.25, 0.3) is 33.5 Å². The second kappa shape index (κ2) is 15.3. The van der Waals surface area contributed by atoms with E-state index in [1.807, 2.05) is 55.5 Å². The average molecular weight is 646 g/mol. The predicted octanol–water partition coefficient (Wildman–Crippen LogP) is 4.99. The number of imidazole rings is 1. The fraction of sp³-hybridized carbons (Fsp3) is 0.290. The molecule has 0 bridgehead atoms. The molecule has 2 aromatic heterocycles.